The minimum atomic E-state index is -1.01. The normalized spacial score (nSPS) is 16.5. The third-order valence-electron chi connectivity index (χ3n) is 11.1. The fourth-order valence-electron chi connectivity index (χ4n) is 7.78. The van der Waals surface area contributed by atoms with Crippen LogP contribution in [0.5, 0.6) is 5.75 Å². The fraction of sp³-hybridized carbons (Fsp3) is 0.364. The third-order valence-corrected chi connectivity index (χ3v) is 11.1. The molecule has 63 heavy (non-hydrogen) atoms. The van der Waals surface area contributed by atoms with E-state index < -0.39 is 35.5 Å². The number of rotatable bonds is 18. The van der Waals surface area contributed by atoms with E-state index in [1.165, 1.54) is 13.2 Å². The molecule has 5 amide bonds. The number of carbonyl (C=O) groups excluding carboxylic acids is 5. The molecule has 1 atom stereocenters. The van der Waals surface area contributed by atoms with Gasteiger partial charge in [-0.25, -0.2) is 14.4 Å². The Kier molecular flexibility index (Phi) is 13.2. The second kappa shape index (κ2) is 19.5. The van der Waals surface area contributed by atoms with Crippen LogP contribution in [-0.4, -0.2) is 145 Å². The predicted molar refractivity (Wildman–Crippen MR) is 227 cm³/mol. The molecular formula is C44H46FN9O9. The molecule has 1 unspecified atom stereocenters. The van der Waals surface area contributed by atoms with Gasteiger partial charge in [-0.3, -0.25) is 39.3 Å². The molecule has 3 aromatic carbocycles. The van der Waals surface area contributed by atoms with Crippen LogP contribution in [0.15, 0.2) is 66.9 Å². The number of anilines is 2. The summed E-state index contributed by atoms with van der Waals surface area (Å²) >= 11 is 0. The van der Waals surface area contributed by atoms with Crippen molar-refractivity contribution in [2.24, 2.45) is 0 Å². The van der Waals surface area contributed by atoms with E-state index in [-0.39, 0.29) is 47.7 Å². The van der Waals surface area contributed by atoms with Gasteiger partial charge < -0.3 is 34.1 Å². The lowest BCUT2D eigenvalue weighted by atomic mass is 10.0. The minimum Gasteiger partial charge on any atom is -0.496 e. The van der Waals surface area contributed by atoms with Crippen LogP contribution in [0.1, 0.15) is 40.0 Å². The first kappa shape index (κ1) is 42.8. The highest BCUT2D eigenvalue weighted by Gasteiger charge is 2.44. The zero-order valence-electron chi connectivity index (χ0n) is 34.6. The molecule has 2 saturated heterocycles. The summed E-state index contributed by atoms with van der Waals surface area (Å²) in [6.07, 6.45) is 2.03. The molecule has 5 heterocycles. The van der Waals surface area contributed by atoms with Crippen molar-refractivity contribution >= 4 is 51.9 Å². The summed E-state index contributed by atoms with van der Waals surface area (Å²) in [5.41, 5.74) is 4.91. The van der Waals surface area contributed by atoms with Gasteiger partial charge in [-0.2, -0.15) is 5.10 Å². The standard InChI is InChI=1S/C44H46FN9O9/c1-60-35-4-2-3-32(45)38(35)41-47-26-33-40(49-41)39(51-50-33)27-5-8-29(9-6-27)52-15-17-53(18-16-52)37(56)13-19-61-21-23-63-24-22-62-20-14-46-28-7-10-30-31(25-28)44(59)54(43(30)58)34-11-12-36(55)48-42(34)57/h2-10,25-26,34,46H,11-24H2,1H3,(H,50,51)(H,48,55,57). The van der Waals surface area contributed by atoms with E-state index >= 15 is 0 Å². The van der Waals surface area contributed by atoms with Crippen molar-refractivity contribution in [2.45, 2.75) is 25.3 Å². The monoisotopic (exact) mass is 863 g/mol. The smallest absolute Gasteiger partial charge is 0.262 e. The number of benzene rings is 3. The summed E-state index contributed by atoms with van der Waals surface area (Å²) < 4.78 is 37.0. The Balaban J connectivity index is 0.682. The maximum Gasteiger partial charge on any atom is 0.262 e. The van der Waals surface area contributed by atoms with Gasteiger partial charge in [0.2, 0.25) is 17.7 Å². The van der Waals surface area contributed by atoms with Crippen LogP contribution in [0.2, 0.25) is 0 Å². The van der Waals surface area contributed by atoms with Gasteiger partial charge in [0.15, 0.2) is 5.82 Å². The quantitative estimate of drug-likeness (QED) is 0.0852. The molecule has 328 valence electrons. The van der Waals surface area contributed by atoms with Crippen molar-refractivity contribution in [3.8, 4) is 28.4 Å². The summed E-state index contributed by atoms with van der Waals surface area (Å²) in [4.78, 5) is 76.6. The zero-order chi connectivity index (χ0) is 43.9. The van der Waals surface area contributed by atoms with Gasteiger partial charge in [-0.1, -0.05) is 18.2 Å². The molecule has 2 fully saturated rings. The first-order valence-electron chi connectivity index (χ1n) is 20.7. The molecule has 3 aliphatic rings. The van der Waals surface area contributed by atoms with E-state index in [4.69, 9.17) is 18.9 Å². The first-order valence-corrected chi connectivity index (χ1v) is 20.7. The summed E-state index contributed by atoms with van der Waals surface area (Å²) in [5, 5.41) is 12.8. The van der Waals surface area contributed by atoms with Gasteiger partial charge in [0.1, 0.15) is 34.3 Å². The molecule has 0 bridgehead atoms. The van der Waals surface area contributed by atoms with Gasteiger partial charge in [0, 0.05) is 56.1 Å². The Bertz CT molecular complexity index is 2510. The number of fused-ring (bicyclic) bond motifs is 2. The highest BCUT2D eigenvalue weighted by Crippen LogP contribution is 2.34. The number of piperazine rings is 1. The molecule has 2 aromatic heterocycles. The van der Waals surface area contributed by atoms with E-state index in [1.54, 1.807) is 36.5 Å². The number of H-pyrrole nitrogens is 1. The van der Waals surface area contributed by atoms with Crippen molar-refractivity contribution in [3.63, 3.8) is 0 Å². The van der Waals surface area contributed by atoms with Crippen LogP contribution in [0.4, 0.5) is 15.8 Å². The number of aromatic nitrogens is 4. The summed E-state index contributed by atoms with van der Waals surface area (Å²) in [6, 6.07) is 16.4. The summed E-state index contributed by atoms with van der Waals surface area (Å²) in [5.74, 6) is -2.08. The number of hydrogen-bond acceptors (Lipinski definition) is 14. The molecule has 19 heteroatoms. The van der Waals surface area contributed by atoms with Crippen molar-refractivity contribution in [3.05, 3.63) is 83.8 Å². The van der Waals surface area contributed by atoms with Crippen LogP contribution in [0.25, 0.3) is 33.7 Å². The van der Waals surface area contributed by atoms with Crippen molar-refractivity contribution < 1.29 is 47.3 Å². The molecule has 8 rings (SSSR count). The molecule has 0 saturated carbocycles. The maximum atomic E-state index is 14.8. The number of amides is 5. The molecule has 5 aromatic rings. The van der Waals surface area contributed by atoms with Gasteiger partial charge in [-0.15, -0.1) is 0 Å². The SMILES string of the molecule is COc1cccc(F)c1-c1ncc2[nH]nc(-c3ccc(N4CCN(C(=O)CCOCCOCCOCCNc5ccc6c(c5)C(=O)N(C5CCC(=O)NC5=O)C6=O)CC4)cc3)c2n1. The fourth-order valence-corrected chi connectivity index (χ4v) is 7.78. The highest BCUT2D eigenvalue weighted by molar-refractivity contribution is 6.23. The number of ether oxygens (including phenoxy) is 4. The van der Waals surface area contributed by atoms with Crippen LogP contribution < -0.4 is 20.3 Å². The maximum absolute atomic E-state index is 14.8. The average Bonchev–Trinajstić information content (AvgIpc) is 3.83. The van der Waals surface area contributed by atoms with Crippen molar-refractivity contribution in [1.29, 1.82) is 0 Å². The average molecular weight is 864 g/mol. The Morgan fingerprint density at radius 2 is 1.60 bits per heavy atom. The second-order valence-electron chi connectivity index (χ2n) is 15.0. The summed E-state index contributed by atoms with van der Waals surface area (Å²) in [7, 11) is 1.47. The lowest BCUT2D eigenvalue weighted by Gasteiger charge is -2.36. The van der Waals surface area contributed by atoms with Gasteiger partial charge in [0.25, 0.3) is 11.8 Å². The number of hydrogen-bond donors (Lipinski definition) is 3. The van der Waals surface area contributed by atoms with Gasteiger partial charge >= 0.3 is 0 Å². The number of nitrogens with zero attached hydrogens (tertiary/aromatic N) is 6. The van der Waals surface area contributed by atoms with Crippen LogP contribution in [0.3, 0.4) is 0 Å². The first-order chi connectivity index (χ1) is 30.7. The van der Waals surface area contributed by atoms with Crippen molar-refractivity contribution in [1.82, 2.24) is 35.3 Å². The van der Waals surface area contributed by atoms with E-state index in [1.807, 2.05) is 29.2 Å². The van der Waals surface area contributed by atoms with E-state index in [2.05, 4.69) is 35.7 Å². The Morgan fingerprint density at radius 3 is 2.35 bits per heavy atom. The Labute approximate surface area is 361 Å². The number of nitrogens with one attached hydrogen (secondary N) is 3. The van der Waals surface area contributed by atoms with Gasteiger partial charge in [-0.05, 0) is 48.9 Å². The van der Waals surface area contributed by atoms with E-state index in [0.29, 0.717) is 101 Å². The largest absolute Gasteiger partial charge is 0.496 e. The molecule has 0 aliphatic carbocycles. The van der Waals surface area contributed by atoms with Crippen LogP contribution >= 0.6 is 0 Å². The number of piperidine rings is 1. The second-order valence-corrected chi connectivity index (χ2v) is 15.0. The number of methoxy groups -OCH3 is 1. The number of carbonyl (C=O) groups is 5. The van der Waals surface area contributed by atoms with Gasteiger partial charge in [0.05, 0.1) is 76.1 Å². The number of aromatic amines is 1. The number of halogens is 1. The molecule has 0 radical (unpaired) electrons. The lowest BCUT2D eigenvalue weighted by molar-refractivity contribution is -0.136. The highest BCUT2D eigenvalue weighted by atomic mass is 19.1. The molecule has 18 nitrogen and oxygen atoms in total. The van der Waals surface area contributed by atoms with Crippen LogP contribution in [0, 0.1) is 5.82 Å². The lowest BCUT2D eigenvalue weighted by Crippen LogP contribution is -2.54. The van der Waals surface area contributed by atoms with E-state index in [0.717, 1.165) is 16.2 Å². The topological polar surface area (TPSA) is 211 Å². The van der Waals surface area contributed by atoms with Crippen molar-refractivity contribution in [2.75, 3.05) is 89.7 Å². The van der Waals surface area contributed by atoms with E-state index in [9.17, 15) is 28.4 Å². The minimum absolute atomic E-state index is 0.0434. The molecule has 3 aliphatic heterocycles. The summed E-state index contributed by atoms with van der Waals surface area (Å²) in [6.45, 7) is 5.12. The molecule has 3 N–H and O–H groups in total. The number of imide groups is 2. The third kappa shape index (κ3) is 9.49. The molecular weight excluding hydrogens is 818 g/mol. The molecule has 0 spiro atoms. The predicted octanol–water partition coefficient (Wildman–Crippen LogP) is 3.44. The Hall–Kier alpha value is -6.83. The Morgan fingerprint density at radius 1 is 0.873 bits per heavy atom. The van der Waals surface area contributed by atoms with Crippen LogP contribution in [-0.2, 0) is 28.6 Å². The zero-order valence-corrected chi connectivity index (χ0v) is 34.6.